The monoisotopic (exact) mass is 301 g/mol. The van der Waals surface area contributed by atoms with Crippen LogP contribution in [0.5, 0.6) is 0 Å². The Kier molecular flexibility index (Phi) is 3.54. The Hall–Kier alpha value is -0.660. The number of hydrogen-bond donors (Lipinski definition) is 0. The molecule has 2 heterocycles. The summed E-state index contributed by atoms with van der Waals surface area (Å²) in [6, 6.07) is 0. The SMILES string of the molecule is CN(C)CCN1C[C@@H]2CN(S(=O)(=O)C3CC3)C[C@@H]2C1=O. The van der Waals surface area contributed by atoms with Gasteiger partial charge in [-0.3, -0.25) is 4.79 Å². The largest absolute Gasteiger partial charge is 0.341 e. The standard InChI is InChI=1S/C13H23N3O3S/c1-14(2)5-6-15-7-10-8-16(9-12(10)13(15)17)20(18,19)11-3-4-11/h10-12H,3-9H2,1-2H3/t10-,12+/m1/s1. The molecule has 0 spiro atoms. The first kappa shape index (κ1) is 14.3. The highest BCUT2D eigenvalue weighted by Crippen LogP contribution is 2.38. The van der Waals surface area contributed by atoms with E-state index >= 15 is 0 Å². The molecule has 2 aliphatic heterocycles. The summed E-state index contributed by atoms with van der Waals surface area (Å²) in [4.78, 5) is 16.3. The maximum absolute atomic E-state index is 12.3. The molecule has 7 heteroatoms. The fraction of sp³-hybridized carbons (Fsp3) is 0.923. The smallest absolute Gasteiger partial charge is 0.227 e. The summed E-state index contributed by atoms with van der Waals surface area (Å²) in [6.07, 6.45) is 1.58. The molecule has 1 amide bonds. The van der Waals surface area contributed by atoms with Crippen LogP contribution in [0.4, 0.5) is 0 Å². The van der Waals surface area contributed by atoms with Gasteiger partial charge in [0.15, 0.2) is 0 Å². The highest BCUT2D eigenvalue weighted by Gasteiger charge is 2.51. The van der Waals surface area contributed by atoms with Crippen molar-refractivity contribution in [2.75, 3.05) is 46.8 Å². The van der Waals surface area contributed by atoms with Crippen molar-refractivity contribution in [1.82, 2.24) is 14.1 Å². The average Bonchev–Trinajstić information content (AvgIpc) is 3.08. The van der Waals surface area contributed by atoms with Crippen LogP contribution in [-0.4, -0.2) is 80.5 Å². The summed E-state index contributed by atoms with van der Waals surface area (Å²) < 4.78 is 26.0. The van der Waals surface area contributed by atoms with Crippen LogP contribution in [-0.2, 0) is 14.8 Å². The Morgan fingerprint density at radius 3 is 2.45 bits per heavy atom. The van der Waals surface area contributed by atoms with Crippen LogP contribution in [0.2, 0.25) is 0 Å². The second-order valence-corrected chi connectivity index (χ2v) is 8.73. The molecule has 0 unspecified atom stereocenters. The zero-order valence-corrected chi connectivity index (χ0v) is 13.0. The van der Waals surface area contributed by atoms with Gasteiger partial charge in [0.05, 0.1) is 11.2 Å². The number of hydrogen-bond acceptors (Lipinski definition) is 4. The van der Waals surface area contributed by atoms with Crippen LogP contribution in [0.15, 0.2) is 0 Å². The molecule has 0 aromatic carbocycles. The number of likely N-dealkylation sites (N-methyl/N-ethyl adjacent to an activating group) is 1. The number of likely N-dealkylation sites (tertiary alicyclic amines) is 1. The molecule has 114 valence electrons. The van der Waals surface area contributed by atoms with E-state index < -0.39 is 10.0 Å². The van der Waals surface area contributed by atoms with Crippen LogP contribution >= 0.6 is 0 Å². The zero-order valence-electron chi connectivity index (χ0n) is 12.2. The van der Waals surface area contributed by atoms with Crippen molar-refractivity contribution in [3.8, 4) is 0 Å². The molecule has 3 fully saturated rings. The number of sulfonamides is 1. The summed E-state index contributed by atoms with van der Waals surface area (Å²) >= 11 is 0. The Morgan fingerprint density at radius 2 is 1.90 bits per heavy atom. The van der Waals surface area contributed by atoms with E-state index in [1.165, 1.54) is 0 Å². The molecule has 0 radical (unpaired) electrons. The molecule has 0 N–H and O–H groups in total. The van der Waals surface area contributed by atoms with E-state index in [1.807, 2.05) is 19.0 Å². The Labute approximate surface area is 120 Å². The van der Waals surface area contributed by atoms with E-state index in [4.69, 9.17) is 0 Å². The maximum atomic E-state index is 12.3. The van der Waals surface area contributed by atoms with Crippen molar-refractivity contribution in [2.24, 2.45) is 11.8 Å². The topological polar surface area (TPSA) is 60.9 Å². The number of carbonyl (C=O) groups is 1. The number of amides is 1. The van der Waals surface area contributed by atoms with Crippen LogP contribution in [0.3, 0.4) is 0 Å². The van der Waals surface area contributed by atoms with E-state index in [0.717, 1.165) is 25.9 Å². The Bertz CT molecular complexity index is 501. The lowest BCUT2D eigenvalue weighted by atomic mass is 10.0. The van der Waals surface area contributed by atoms with Crippen LogP contribution in [0.25, 0.3) is 0 Å². The molecule has 6 nitrogen and oxygen atoms in total. The van der Waals surface area contributed by atoms with Crippen LogP contribution in [0, 0.1) is 11.8 Å². The number of fused-ring (bicyclic) bond motifs is 1. The van der Waals surface area contributed by atoms with E-state index in [9.17, 15) is 13.2 Å². The number of nitrogens with zero attached hydrogens (tertiary/aromatic N) is 3. The third-order valence-electron chi connectivity index (χ3n) is 4.61. The molecule has 20 heavy (non-hydrogen) atoms. The van der Waals surface area contributed by atoms with Crippen molar-refractivity contribution in [1.29, 1.82) is 0 Å². The van der Waals surface area contributed by atoms with Crippen molar-refractivity contribution in [3.63, 3.8) is 0 Å². The fourth-order valence-corrected chi connectivity index (χ4v) is 5.13. The van der Waals surface area contributed by atoms with Gasteiger partial charge in [-0.1, -0.05) is 0 Å². The van der Waals surface area contributed by atoms with Crippen molar-refractivity contribution < 1.29 is 13.2 Å². The molecule has 3 aliphatic rings. The molecular formula is C13H23N3O3S. The van der Waals surface area contributed by atoms with Gasteiger partial charge in [-0.15, -0.1) is 0 Å². The summed E-state index contributed by atoms with van der Waals surface area (Å²) in [6.45, 7) is 3.26. The first-order valence-electron chi connectivity index (χ1n) is 7.32. The van der Waals surface area contributed by atoms with Crippen molar-refractivity contribution in [2.45, 2.75) is 18.1 Å². The maximum Gasteiger partial charge on any atom is 0.227 e. The first-order chi connectivity index (χ1) is 9.39. The van der Waals surface area contributed by atoms with Gasteiger partial charge in [0.25, 0.3) is 0 Å². The highest BCUT2D eigenvalue weighted by molar-refractivity contribution is 7.90. The predicted octanol–water partition coefficient (Wildman–Crippen LogP) is -0.570. The van der Waals surface area contributed by atoms with Gasteiger partial charge in [-0.2, -0.15) is 0 Å². The molecule has 3 rings (SSSR count). The Balaban J connectivity index is 1.61. The molecule has 0 aromatic heterocycles. The molecule has 0 aromatic rings. The van der Waals surface area contributed by atoms with E-state index in [2.05, 4.69) is 4.90 Å². The molecule has 1 aliphatic carbocycles. The quantitative estimate of drug-likeness (QED) is 0.682. The third kappa shape index (κ3) is 2.46. The molecule has 2 atom stereocenters. The minimum atomic E-state index is -3.12. The lowest BCUT2D eigenvalue weighted by Gasteiger charge is -2.22. The van der Waals surface area contributed by atoms with Gasteiger partial charge in [0, 0.05) is 38.6 Å². The van der Waals surface area contributed by atoms with E-state index in [-0.39, 0.29) is 23.0 Å². The first-order valence-corrected chi connectivity index (χ1v) is 8.82. The number of rotatable bonds is 5. The minimum absolute atomic E-state index is 0.106. The molecule has 1 saturated carbocycles. The third-order valence-corrected chi connectivity index (χ3v) is 6.95. The normalized spacial score (nSPS) is 31.4. The zero-order chi connectivity index (χ0) is 14.5. The lowest BCUT2D eigenvalue weighted by Crippen LogP contribution is -2.39. The lowest BCUT2D eigenvalue weighted by molar-refractivity contribution is -0.131. The second-order valence-electron chi connectivity index (χ2n) is 6.52. The van der Waals surface area contributed by atoms with Crippen LogP contribution in [0.1, 0.15) is 12.8 Å². The predicted molar refractivity (Wildman–Crippen MR) is 75.6 cm³/mol. The van der Waals surface area contributed by atoms with E-state index in [0.29, 0.717) is 19.6 Å². The average molecular weight is 301 g/mol. The minimum Gasteiger partial charge on any atom is -0.341 e. The van der Waals surface area contributed by atoms with Gasteiger partial charge in [-0.05, 0) is 26.9 Å². The van der Waals surface area contributed by atoms with E-state index in [1.54, 1.807) is 4.31 Å². The van der Waals surface area contributed by atoms with Crippen LogP contribution < -0.4 is 0 Å². The fourth-order valence-electron chi connectivity index (χ4n) is 3.21. The van der Waals surface area contributed by atoms with Gasteiger partial charge in [0.2, 0.25) is 15.9 Å². The number of carbonyl (C=O) groups excluding carboxylic acids is 1. The summed E-state index contributed by atoms with van der Waals surface area (Å²) in [5.41, 5.74) is 0. The molecule has 2 saturated heterocycles. The van der Waals surface area contributed by atoms with Gasteiger partial charge in [0.1, 0.15) is 0 Å². The molecule has 0 bridgehead atoms. The van der Waals surface area contributed by atoms with Gasteiger partial charge < -0.3 is 9.80 Å². The van der Waals surface area contributed by atoms with Gasteiger partial charge in [-0.25, -0.2) is 12.7 Å². The highest BCUT2D eigenvalue weighted by atomic mass is 32.2. The van der Waals surface area contributed by atoms with Gasteiger partial charge >= 0.3 is 0 Å². The summed E-state index contributed by atoms with van der Waals surface area (Å²) in [7, 11) is 0.863. The second kappa shape index (κ2) is 4.96. The molecular weight excluding hydrogens is 278 g/mol. The Morgan fingerprint density at radius 1 is 1.20 bits per heavy atom. The van der Waals surface area contributed by atoms with Crippen molar-refractivity contribution in [3.05, 3.63) is 0 Å². The summed E-state index contributed by atoms with van der Waals surface area (Å²) in [5, 5.41) is -0.165. The summed E-state index contributed by atoms with van der Waals surface area (Å²) in [5.74, 6) is 0.231. The van der Waals surface area contributed by atoms with Crippen molar-refractivity contribution >= 4 is 15.9 Å².